The topological polar surface area (TPSA) is 60.5 Å². The fourth-order valence-electron chi connectivity index (χ4n) is 3.56. The number of nitrogens with one attached hydrogen (secondary N) is 1. The number of para-hydroxylation sites is 1. The molecule has 4 rings (SSSR count). The van der Waals surface area contributed by atoms with Crippen molar-refractivity contribution in [3.8, 4) is 17.0 Å². The quantitative estimate of drug-likeness (QED) is 0.640. The second kappa shape index (κ2) is 9.05. The number of rotatable bonds is 7. The van der Waals surface area contributed by atoms with Gasteiger partial charge < -0.3 is 14.8 Å². The lowest BCUT2D eigenvalue weighted by Crippen LogP contribution is -2.31. The van der Waals surface area contributed by atoms with Gasteiger partial charge in [0.2, 0.25) is 0 Å². The van der Waals surface area contributed by atoms with Gasteiger partial charge in [0.1, 0.15) is 5.75 Å². The van der Waals surface area contributed by atoms with Gasteiger partial charge in [-0.1, -0.05) is 25.1 Å². The number of ether oxygens (including phenoxy) is 2. The Balaban J connectivity index is 1.62. The van der Waals surface area contributed by atoms with Crippen molar-refractivity contribution in [1.82, 2.24) is 10.3 Å². The predicted octanol–water partition coefficient (Wildman–Crippen LogP) is 4.60. The summed E-state index contributed by atoms with van der Waals surface area (Å²) in [6.07, 6.45) is 3.14. The maximum Gasteiger partial charge on any atom is 0.252 e. The van der Waals surface area contributed by atoms with Crippen LogP contribution in [0.15, 0.2) is 54.6 Å². The van der Waals surface area contributed by atoms with Crippen LogP contribution in [0, 0.1) is 0 Å². The lowest BCUT2D eigenvalue weighted by Gasteiger charge is -2.13. The fourth-order valence-corrected chi connectivity index (χ4v) is 3.56. The van der Waals surface area contributed by atoms with Gasteiger partial charge in [0.25, 0.3) is 5.91 Å². The average Bonchev–Trinajstić information content (AvgIpc) is 3.29. The van der Waals surface area contributed by atoms with Gasteiger partial charge in [-0.3, -0.25) is 4.79 Å². The predicted molar refractivity (Wildman–Crippen MR) is 114 cm³/mol. The standard InChI is InChI=1S/C24H26N2O3/c1-2-13-28-18-11-9-17(10-12-18)23-15-21(20-7-3-4-8-22(20)26-23)24(27)25-16-19-6-5-14-29-19/h3-4,7-12,15,19H,2,5-6,13-14,16H2,1H3,(H,25,27)/t19-/m0/s1. The summed E-state index contributed by atoms with van der Waals surface area (Å²) in [6.45, 7) is 4.09. The summed E-state index contributed by atoms with van der Waals surface area (Å²) in [6, 6.07) is 17.5. The van der Waals surface area contributed by atoms with Gasteiger partial charge >= 0.3 is 0 Å². The Morgan fingerprint density at radius 1 is 1.21 bits per heavy atom. The minimum absolute atomic E-state index is 0.0942. The number of benzene rings is 2. The molecule has 0 spiro atoms. The number of carbonyl (C=O) groups is 1. The molecule has 0 bridgehead atoms. The molecule has 2 heterocycles. The number of fused-ring (bicyclic) bond motifs is 1. The van der Waals surface area contributed by atoms with Gasteiger partial charge in [0, 0.05) is 24.1 Å². The monoisotopic (exact) mass is 390 g/mol. The molecule has 0 unspecified atom stereocenters. The normalized spacial score (nSPS) is 16.1. The van der Waals surface area contributed by atoms with Gasteiger partial charge in [-0.05, 0) is 55.7 Å². The number of hydrogen-bond donors (Lipinski definition) is 1. The van der Waals surface area contributed by atoms with Crippen molar-refractivity contribution < 1.29 is 14.3 Å². The second-order valence-electron chi connectivity index (χ2n) is 7.29. The summed E-state index contributed by atoms with van der Waals surface area (Å²) < 4.78 is 11.3. The van der Waals surface area contributed by atoms with Gasteiger partial charge in [-0.25, -0.2) is 4.98 Å². The SMILES string of the molecule is CCCOc1ccc(-c2cc(C(=O)NC[C@@H]3CCCO3)c3ccccc3n2)cc1. The molecule has 1 aromatic heterocycles. The highest BCUT2D eigenvalue weighted by atomic mass is 16.5. The molecule has 1 fully saturated rings. The van der Waals surface area contributed by atoms with Crippen LogP contribution in [0.25, 0.3) is 22.2 Å². The van der Waals surface area contributed by atoms with Crippen molar-refractivity contribution >= 4 is 16.8 Å². The van der Waals surface area contributed by atoms with E-state index >= 15 is 0 Å². The largest absolute Gasteiger partial charge is 0.494 e. The zero-order valence-corrected chi connectivity index (χ0v) is 16.7. The van der Waals surface area contributed by atoms with E-state index in [2.05, 4.69) is 12.2 Å². The molecule has 29 heavy (non-hydrogen) atoms. The summed E-state index contributed by atoms with van der Waals surface area (Å²) in [5, 5.41) is 3.88. The first kappa shape index (κ1) is 19.4. The Morgan fingerprint density at radius 2 is 2.03 bits per heavy atom. The Hall–Kier alpha value is -2.92. The number of amides is 1. The number of nitrogens with zero attached hydrogens (tertiary/aromatic N) is 1. The molecule has 1 aliphatic rings. The molecular weight excluding hydrogens is 364 g/mol. The summed E-state index contributed by atoms with van der Waals surface area (Å²) in [5.41, 5.74) is 3.16. The lowest BCUT2D eigenvalue weighted by molar-refractivity contribution is 0.0859. The number of pyridine rings is 1. The third-order valence-corrected chi connectivity index (χ3v) is 5.10. The third kappa shape index (κ3) is 4.57. The summed E-state index contributed by atoms with van der Waals surface area (Å²) in [7, 11) is 0. The highest BCUT2D eigenvalue weighted by Crippen LogP contribution is 2.26. The van der Waals surface area contributed by atoms with Crippen molar-refractivity contribution in [2.75, 3.05) is 19.8 Å². The van der Waals surface area contributed by atoms with Gasteiger partial charge in [-0.15, -0.1) is 0 Å². The molecule has 1 N–H and O–H groups in total. The van der Waals surface area contributed by atoms with E-state index in [0.29, 0.717) is 18.7 Å². The van der Waals surface area contributed by atoms with E-state index in [1.165, 1.54) is 0 Å². The summed E-state index contributed by atoms with van der Waals surface area (Å²) in [4.78, 5) is 17.7. The molecule has 5 nitrogen and oxygen atoms in total. The lowest BCUT2D eigenvalue weighted by atomic mass is 10.0. The Bertz CT molecular complexity index is 979. The van der Waals surface area contributed by atoms with E-state index in [9.17, 15) is 4.79 Å². The van der Waals surface area contributed by atoms with Crippen LogP contribution in [0.4, 0.5) is 0 Å². The van der Waals surface area contributed by atoms with Crippen LogP contribution in [-0.4, -0.2) is 36.8 Å². The molecule has 3 aromatic rings. The average molecular weight is 390 g/mol. The smallest absolute Gasteiger partial charge is 0.252 e. The zero-order valence-electron chi connectivity index (χ0n) is 16.7. The van der Waals surface area contributed by atoms with Crippen molar-refractivity contribution in [1.29, 1.82) is 0 Å². The van der Waals surface area contributed by atoms with Crippen LogP contribution >= 0.6 is 0 Å². The third-order valence-electron chi connectivity index (χ3n) is 5.10. The molecule has 5 heteroatoms. The van der Waals surface area contributed by atoms with Gasteiger partial charge in [0.05, 0.1) is 29.5 Å². The van der Waals surface area contributed by atoms with Crippen LogP contribution in [0.3, 0.4) is 0 Å². The highest BCUT2D eigenvalue weighted by molar-refractivity contribution is 6.07. The molecule has 0 aliphatic carbocycles. The fraction of sp³-hybridized carbons (Fsp3) is 0.333. The Morgan fingerprint density at radius 3 is 2.79 bits per heavy atom. The zero-order chi connectivity index (χ0) is 20.1. The molecule has 0 radical (unpaired) electrons. The number of hydrogen-bond acceptors (Lipinski definition) is 4. The maximum atomic E-state index is 13.0. The minimum atomic E-state index is -0.0942. The first-order chi connectivity index (χ1) is 14.2. The molecular formula is C24H26N2O3. The van der Waals surface area contributed by atoms with E-state index in [0.717, 1.165) is 53.8 Å². The minimum Gasteiger partial charge on any atom is -0.494 e. The van der Waals surface area contributed by atoms with E-state index < -0.39 is 0 Å². The van der Waals surface area contributed by atoms with Gasteiger partial charge in [0.15, 0.2) is 0 Å². The van der Waals surface area contributed by atoms with Crippen LogP contribution in [-0.2, 0) is 4.74 Å². The number of carbonyl (C=O) groups excluding carboxylic acids is 1. The van der Waals surface area contributed by atoms with Gasteiger partial charge in [-0.2, -0.15) is 0 Å². The van der Waals surface area contributed by atoms with E-state index in [1.54, 1.807) is 0 Å². The number of aromatic nitrogens is 1. The van der Waals surface area contributed by atoms with Crippen molar-refractivity contribution in [2.24, 2.45) is 0 Å². The van der Waals surface area contributed by atoms with E-state index in [4.69, 9.17) is 14.5 Å². The van der Waals surface area contributed by atoms with Crippen LogP contribution < -0.4 is 10.1 Å². The highest BCUT2D eigenvalue weighted by Gasteiger charge is 2.18. The Kier molecular flexibility index (Phi) is 6.06. The molecule has 1 amide bonds. The maximum absolute atomic E-state index is 13.0. The molecule has 1 aliphatic heterocycles. The van der Waals surface area contributed by atoms with Crippen molar-refractivity contribution in [3.05, 3.63) is 60.2 Å². The molecule has 0 saturated carbocycles. The molecule has 1 atom stereocenters. The molecule has 1 saturated heterocycles. The van der Waals surface area contributed by atoms with Crippen LogP contribution in [0.2, 0.25) is 0 Å². The molecule has 150 valence electrons. The van der Waals surface area contributed by atoms with Crippen molar-refractivity contribution in [2.45, 2.75) is 32.3 Å². The Labute approximate surface area is 171 Å². The first-order valence-electron chi connectivity index (χ1n) is 10.3. The second-order valence-corrected chi connectivity index (χ2v) is 7.29. The van der Waals surface area contributed by atoms with E-state index in [-0.39, 0.29) is 12.0 Å². The first-order valence-corrected chi connectivity index (χ1v) is 10.3. The summed E-state index contributed by atoms with van der Waals surface area (Å²) >= 11 is 0. The van der Waals surface area contributed by atoms with E-state index in [1.807, 2.05) is 54.6 Å². The van der Waals surface area contributed by atoms with Crippen molar-refractivity contribution in [3.63, 3.8) is 0 Å². The van der Waals surface area contributed by atoms with Crippen LogP contribution in [0.1, 0.15) is 36.5 Å². The van der Waals surface area contributed by atoms with Crippen LogP contribution in [0.5, 0.6) is 5.75 Å². The molecule has 2 aromatic carbocycles. The summed E-state index contributed by atoms with van der Waals surface area (Å²) in [5.74, 6) is 0.745.